The second kappa shape index (κ2) is 7.24. The Morgan fingerprint density at radius 1 is 1.14 bits per heavy atom. The van der Waals surface area contributed by atoms with E-state index in [-0.39, 0.29) is 10.9 Å². The van der Waals surface area contributed by atoms with Gasteiger partial charge in [-0.2, -0.15) is 0 Å². The van der Waals surface area contributed by atoms with Gasteiger partial charge in [0.25, 0.3) is 0 Å². The molecule has 21 heavy (non-hydrogen) atoms. The summed E-state index contributed by atoms with van der Waals surface area (Å²) in [5, 5.41) is 13.3. The van der Waals surface area contributed by atoms with Crippen molar-refractivity contribution < 1.29 is 13.5 Å². The number of benzene rings is 1. The lowest BCUT2D eigenvalue weighted by atomic mass is 9.97. The zero-order valence-electron chi connectivity index (χ0n) is 13.2. The lowest BCUT2D eigenvalue weighted by Crippen LogP contribution is -2.35. The van der Waals surface area contributed by atoms with Gasteiger partial charge in [0.2, 0.25) is 10.0 Å². The highest BCUT2D eigenvalue weighted by Gasteiger charge is 2.21. The first-order valence-electron chi connectivity index (χ1n) is 7.31. The molecule has 0 unspecified atom stereocenters. The van der Waals surface area contributed by atoms with Gasteiger partial charge in [0, 0.05) is 18.3 Å². The SMILES string of the molecule is CCC(O)(CC)CNc1ccc(S(=O)(=O)NC(C)C)cc1. The minimum atomic E-state index is -3.46. The summed E-state index contributed by atoms with van der Waals surface area (Å²) in [6.45, 7) is 7.89. The van der Waals surface area contributed by atoms with Gasteiger partial charge in [0.1, 0.15) is 0 Å². The van der Waals surface area contributed by atoms with Crippen molar-refractivity contribution in [3.05, 3.63) is 24.3 Å². The lowest BCUT2D eigenvalue weighted by Gasteiger charge is -2.26. The van der Waals surface area contributed by atoms with Crippen LogP contribution >= 0.6 is 0 Å². The Hall–Kier alpha value is -1.11. The largest absolute Gasteiger partial charge is 0.388 e. The van der Waals surface area contributed by atoms with Gasteiger partial charge in [-0.1, -0.05) is 13.8 Å². The Morgan fingerprint density at radius 3 is 2.10 bits per heavy atom. The molecule has 1 aromatic rings. The van der Waals surface area contributed by atoms with Gasteiger partial charge in [0.15, 0.2) is 0 Å². The summed E-state index contributed by atoms with van der Waals surface area (Å²) in [4.78, 5) is 0.239. The molecule has 0 aliphatic rings. The van der Waals surface area contributed by atoms with Gasteiger partial charge in [-0.15, -0.1) is 0 Å². The van der Waals surface area contributed by atoms with Crippen LogP contribution in [0.15, 0.2) is 29.2 Å². The maximum atomic E-state index is 12.0. The number of hydrogen-bond donors (Lipinski definition) is 3. The number of nitrogens with one attached hydrogen (secondary N) is 2. The van der Waals surface area contributed by atoms with Crippen LogP contribution in [0.25, 0.3) is 0 Å². The van der Waals surface area contributed by atoms with Crippen LogP contribution in [0.1, 0.15) is 40.5 Å². The van der Waals surface area contributed by atoms with E-state index in [1.54, 1.807) is 38.1 Å². The van der Waals surface area contributed by atoms with E-state index < -0.39 is 15.6 Å². The number of aliphatic hydroxyl groups is 1. The zero-order chi connectivity index (χ0) is 16.1. The Kier molecular flexibility index (Phi) is 6.19. The van der Waals surface area contributed by atoms with Crippen LogP contribution in [0.3, 0.4) is 0 Å². The van der Waals surface area contributed by atoms with E-state index in [1.165, 1.54) is 0 Å². The Bertz CT molecular complexity index is 535. The van der Waals surface area contributed by atoms with Crippen molar-refractivity contribution in [1.82, 2.24) is 4.72 Å². The molecule has 0 aliphatic carbocycles. The molecule has 0 saturated heterocycles. The second-order valence-electron chi connectivity index (χ2n) is 5.59. The fourth-order valence-corrected chi connectivity index (χ4v) is 3.15. The lowest BCUT2D eigenvalue weighted by molar-refractivity contribution is 0.0457. The highest BCUT2D eigenvalue weighted by molar-refractivity contribution is 7.89. The molecule has 1 rings (SSSR count). The third-order valence-electron chi connectivity index (χ3n) is 3.49. The number of anilines is 1. The third-order valence-corrected chi connectivity index (χ3v) is 5.17. The summed E-state index contributed by atoms with van der Waals surface area (Å²) in [5.74, 6) is 0. The summed E-state index contributed by atoms with van der Waals surface area (Å²) in [6, 6.07) is 6.40. The van der Waals surface area contributed by atoms with Gasteiger partial charge >= 0.3 is 0 Å². The number of hydrogen-bond acceptors (Lipinski definition) is 4. The van der Waals surface area contributed by atoms with E-state index in [2.05, 4.69) is 10.0 Å². The fraction of sp³-hybridized carbons (Fsp3) is 0.600. The van der Waals surface area contributed by atoms with Crippen LogP contribution < -0.4 is 10.0 Å². The average molecular weight is 314 g/mol. The van der Waals surface area contributed by atoms with Crippen molar-refractivity contribution >= 4 is 15.7 Å². The first-order chi connectivity index (χ1) is 9.72. The van der Waals surface area contributed by atoms with Gasteiger partial charge in [0.05, 0.1) is 10.5 Å². The van der Waals surface area contributed by atoms with Crippen LogP contribution in [0.2, 0.25) is 0 Å². The smallest absolute Gasteiger partial charge is 0.240 e. The van der Waals surface area contributed by atoms with Crippen molar-refractivity contribution in [2.24, 2.45) is 0 Å². The van der Waals surface area contributed by atoms with Gasteiger partial charge < -0.3 is 10.4 Å². The highest BCUT2D eigenvalue weighted by atomic mass is 32.2. The Labute approximate surface area is 127 Å². The van der Waals surface area contributed by atoms with E-state index in [1.807, 2.05) is 13.8 Å². The molecule has 0 aromatic heterocycles. The molecule has 1 aromatic carbocycles. The molecule has 6 heteroatoms. The number of sulfonamides is 1. The van der Waals surface area contributed by atoms with Crippen LogP contribution in [-0.4, -0.2) is 31.7 Å². The van der Waals surface area contributed by atoms with Crippen molar-refractivity contribution in [1.29, 1.82) is 0 Å². The monoisotopic (exact) mass is 314 g/mol. The quantitative estimate of drug-likeness (QED) is 0.688. The molecule has 120 valence electrons. The van der Waals surface area contributed by atoms with Gasteiger partial charge in [-0.3, -0.25) is 0 Å². The van der Waals surface area contributed by atoms with E-state index in [0.29, 0.717) is 19.4 Å². The third kappa shape index (κ3) is 5.30. The van der Waals surface area contributed by atoms with Crippen molar-refractivity contribution in [3.8, 4) is 0 Å². The van der Waals surface area contributed by atoms with Crippen LogP contribution in [0.4, 0.5) is 5.69 Å². The molecule has 0 heterocycles. The van der Waals surface area contributed by atoms with Crippen molar-refractivity contribution in [2.75, 3.05) is 11.9 Å². The predicted molar refractivity (Wildman–Crippen MR) is 85.9 cm³/mol. The van der Waals surface area contributed by atoms with Gasteiger partial charge in [-0.25, -0.2) is 13.1 Å². The van der Waals surface area contributed by atoms with E-state index >= 15 is 0 Å². The topological polar surface area (TPSA) is 78.4 Å². The van der Waals surface area contributed by atoms with Crippen molar-refractivity contribution in [3.63, 3.8) is 0 Å². The van der Waals surface area contributed by atoms with Crippen LogP contribution in [0.5, 0.6) is 0 Å². The Balaban J connectivity index is 2.75. The molecule has 3 N–H and O–H groups in total. The van der Waals surface area contributed by atoms with E-state index in [9.17, 15) is 13.5 Å². The molecule has 0 amide bonds. The van der Waals surface area contributed by atoms with Crippen LogP contribution in [0, 0.1) is 0 Å². The summed E-state index contributed by atoms with van der Waals surface area (Å²) < 4.78 is 26.5. The van der Waals surface area contributed by atoms with Gasteiger partial charge in [-0.05, 0) is 51.0 Å². The highest BCUT2D eigenvalue weighted by Crippen LogP contribution is 2.18. The zero-order valence-corrected chi connectivity index (χ0v) is 14.0. The maximum absolute atomic E-state index is 12.0. The molecule has 0 saturated carbocycles. The standard InChI is InChI=1S/C15H26N2O3S/c1-5-15(18,6-2)11-16-13-7-9-14(10-8-13)21(19,20)17-12(3)4/h7-10,12,16-18H,5-6,11H2,1-4H3. The number of rotatable bonds is 8. The van der Waals surface area contributed by atoms with E-state index in [0.717, 1.165) is 5.69 Å². The maximum Gasteiger partial charge on any atom is 0.240 e. The molecule has 0 radical (unpaired) electrons. The molecule has 0 atom stereocenters. The van der Waals surface area contributed by atoms with Crippen molar-refractivity contribution in [2.45, 2.75) is 57.1 Å². The molecule has 0 aliphatic heterocycles. The fourth-order valence-electron chi connectivity index (χ4n) is 1.90. The average Bonchev–Trinajstić information content (AvgIpc) is 2.44. The summed E-state index contributed by atoms with van der Waals surface area (Å²) in [7, 11) is -3.46. The second-order valence-corrected chi connectivity index (χ2v) is 7.30. The molecular formula is C15H26N2O3S. The molecule has 0 fully saturated rings. The molecular weight excluding hydrogens is 288 g/mol. The van der Waals surface area contributed by atoms with Crippen LogP contribution in [-0.2, 0) is 10.0 Å². The van der Waals surface area contributed by atoms with E-state index in [4.69, 9.17) is 0 Å². The first-order valence-corrected chi connectivity index (χ1v) is 8.79. The minimum absolute atomic E-state index is 0.142. The summed E-state index contributed by atoms with van der Waals surface area (Å²) >= 11 is 0. The molecule has 0 bridgehead atoms. The summed E-state index contributed by atoms with van der Waals surface area (Å²) in [6.07, 6.45) is 1.34. The first kappa shape index (κ1) is 17.9. The molecule has 0 spiro atoms. The summed E-state index contributed by atoms with van der Waals surface area (Å²) in [5.41, 5.74) is 0.0584. The molecule has 5 nitrogen and oxygen atoms in total. The normalized spacial score (nSPS) is 12.7. The predicted octanol–water partition coefficient (Wildman–Crippen LogP) is 2.34. The Morgan fingerprint density at radius 2 is 1.67 bits per heavy atom. The minimum Gasteiger partial charge on any atom is -0.388 e.